The quantitative estimate of drug-likeness (QED) is 0.861. The third-order valence-electron chi connectivity index (χ3n) is 3.06. The molecule has 0 saturated heterocycles. The lowest BCUT2D eigenvalue weighted by Crippen LogP contribution is -2.15. The van der Waals surface area contributed by atoms with Crippen LogP contribution in [0.25, 0.3) is 11.1 Å². The summed E-state index contributed by atoms with van der Waals surface area (Å²) in [7, 11) is 1.34. The zero-order valence-electron chi connectivity index (χ0n) is 10.8. The van der Waals surface area contributed by atoms with Gasteiger partial charge in [-0.1, -0.05) is 6.07 Å². The second-order valence-electron chi connectivity index (χ2n) is 4.24. The Labute approximate surface area is 119 Å². The molecular formula is C14H13NO4S. The number of nitrogen functional groups attached to an aromatic ring is 1. The topological polar surface area (TPSA) is 70.8 Å². The molecule has 0 amide bonds. The van der Waals surface area contributed by atoms with Crippen molar-refractivity contribution < 1.29 is 19.0 Å². The molecule has 104 valence electrons. The highest BCUT2D eigenvalue weighted by atomic mass is 32.1. The molecule has 3 rings (SSSR count). The molecule has 0 aliphatic carbocycles. The summed E-state index contributed by atoms with van der Waals surface area (Å²) in [5.74, 6) is 0.950. The number of anilines is 1. The van der Waals surface area contributed by atoms with Gasteiger partial charge in [0.25, 0.3) is 0 Å². The molecular weight excluding hydrogens is 278 g/mol. The summed E-state index contributed by atoms with van der Waals surface area (Å²) in [5, 5.41) is 2.29. The number of rotatable bonds is 2. The maximum atomic E-state index is 11.8. The van der Waals surface area contributed by atoms with Gasteiger partial charge in [0.2, 0.25) is 0 Å². The molecule has 6 heteroatoms. The van der Waals surface area contributed by atoms with Crippen LogP contribution in [0, 0.1) is 0 Å². The number of hydrogen-bond acceptors (Lipinski definition) is 6. The van der Waals surface area contributed by atoms with Crippen molar-refractivity contribution in [1.82, 2.24) is 0 Å². The number of fused-ring (bicyclic) bond motifs is 1. The van der Waals surface area contributed by atoms with Gasteiger partial charge in [-0.3, -0.25) is 0 Å². The number of benzene rings is 1. The van der Waals surface area contributed by atoms with Gasteiger partial charge in [0.05, 0.1) is 7.11 Å². The zero-order chi connectivity index (χ0) is 14.1. The SMILES string of the molecule is COC(=O)c1c(-c2ccc3c(c2)OCCO3)csc1N. The Kier molecular flexibility index (Phi) is 3.23. The van der Waals surface area contributed by atoms with E-state index in [9.17, 15) is 4.79 Å². The Balaban J connectivity index is 2.07. The second-order valence-corrected chi connectivity index (χ2v) is 5.15. The normalized spacial score (nSPS) is 13.1. The summed E-state index contributed by atoms with van der Waals surface area (Å²) in [6, 6.07) is 5.56. The van der Waals surface area contributed by atoms with E-state index in [1.54, 1.807) is 0 Å². The molecule has 2 aromatic rings. The van der Waals surface area contributed by atoms with Crippen LogP contribution in [-0.2, 0) is 4.74 Å². The number of carbonyl (C=O) groups is 1. The van der Waals surface area contributed by atoms with Gasteiger partial charge < -0.3 is 19.9 Å². The fourth-order valence-corrected chi connectivity index (χ4v) is 2.92. The maximum absolute atomic E-state index is 11.8. The summed E-state index contributed by atoms with van der Waals surface area (Å²) in [5.41, 5.74) is 7.85. The van der Waals surface area contributed by atoms with E-state index >= 15 is 0 Å². The molecule has 0 fully saturated rings. The minimum absolute atomic E-state index is 0.397. The number of nitrogens with two attached hydrogens (primary N) is 1. The Morgan fingerprint density at radius 1 is 1.30 bits per heavy atom. The zero-order valence-corrected chi connectivity index (χ0v) is 11.7. The van der Waals surface area contributed by atoms with Gasteiger partial charge in [0, 0.05) is 10.9 Å². The predicted molar refractivity (Wildman–Crippen MR) is 76.5 cm³/mol. The van der Waals surface area contributed by atoms with Gasteiger partial charge >= 0.3 is 5.97 Å². The molecule has 0 saturated carbocycles. The molecule has 0 radical (unpaired) electrons. The molecule has 0 bridgehead atoms. The first-order chi connectivity index (χ1) is 9.70. The Morgan fingerprint density at radius 2 is 2.05 bits per heavy atom. The first kappa shape index (κ1) is 12.8. The first-order valence-corrected chi connectivity index (χ1v) is 6.94. The highest BCUT2D eigenvalue weighted by Crippen LogP contribution is 2.39. The van der Waals surface area contributed by atoms with Gasteiger partial charge in [-0.25, -0.2) is 4.79 Å². The van der Waals surface area contributed by atoms with E-state index < -0.39 is 5.97 Å². The lowest BCUT2D eigenvalue weighted by molar-refractivity contribution is 0.0603. The van der Waals surface area contributed by atoms with Crippen LogP contribution in [0.3, 0.4) is 0 Å². The maximum Gasteiger partial charge on any atom is 0.341 e. The van der Waals surface area contributed by atoms with Crippen LogP contribution in [0.5, 0.6) is 11.5 Å². The van der Waals surface area contributed by atoms with Crippen LogP contribution < -0.4 is 15.2 Å². The standard InChI is InChI=1S/C14H13NO4S/c1-17-14(16)12-9(7-20-13(12)15)8-2-3-10-11(6-8)19-5-4-18-10/h2-3,6-7H,4-5,15H2,1H3. The van der Waals surface area contributed by atoms with Crippen LogP contribution in [0.2, 0.25) is 0 Å². The van der Waals surface area contributed by atoms with Crippen molar-refractivity contribution in [2.75, 3.05) is 26.1 Å². The highest BCUT2D eigenvalue weighted by Gasteiger charge is 2.21. The van der Waals surface area contributed by atoms with Crippen LogP contribution in [0.1, 0.15) is 10.4 Å². The minimum Gasteiger partial charge on any atom is -0.486 e. The molecule has 1 aromatic heterocycles. The average Bonchev–Trinajstić information content (AvgIpc) is 2.87. The Morgan fingerprint density at radius 3 is 2.80 bits per heavy atom. The van der Waals surface area contributed by atoms with Crippen molar-refractivity contribution in [2.24, 2.45) is 0 Å². The van der Waals surface area contributed by atoms with Crippen LogP contribution in [0.4, 0.5) is 5.00 Å². The van der Waals surface area contributed by atoms with Crippen molar-refractivity contribution in [3.63, 3.8) is 0 Å². The minimum atomic E-state index is -0.436. The van der Waals surface area contributed by atoms with Gasteiger partial charge in [0.15, 0.2) is 11.5 Å². The molecule has 0 atom stereocenters. The monoisotopic (exact) mass is 291 g/mol. The van der Waals surface area contributed by atoms with Crippen molar-refractivity contribution >= 4 is 22.3 Å². The summed E-state index contributed by atoms with van der Waals surface area (Å²) in [6.45, 7) is 1.07. The number of hydrogen-bond donors (Lipinski definition) is 1. The van der Waals surface area contributed by atoms with Crippen molar-refractivity contribution in [3.05, 3.63) is 29.1 Å². The molecule has 20 heavy (non-hydrogen) atoms. The summed E-state index contributed by atoms with van der Waals surface area (Å²) >= 11 is 1.31. The number of carbonyl (C=O) groups excluding carboxylic acids is 1. The van der Waals surface area contributed by atoms with Gasteiger partial charge in [-0.2, -0.15) is 0 Å². The van der Waals surface area contributed by atoms with Crippen LogP contribution in [0.15, 0.2) is 23.6 Å². The molecule has 0 unspecified atom stereocenters. The smallest absolute Gasteiger partial charge is 0.341 e. The van der Waals surface area contributed by atoms with Gasteiger partial charge in [-0.15, -0.1) is 11.3 Å². The van der Waals surface area contributed by atoms with Crippen molar-refractivity contribution in [3.8, 4) is 22.6 Å². The van der Waals surface area contributed by atoms with E-state index in [2.05, 4.69) is 0 Å². The van der Waals surface area contributed by atoms with Gasteiger partial charge in [0.1, 0.15) is 23.8 Å². The van der Waals surface area contributed by atoms with Gasteiger partial charge in [-0.05, 0) is 17.7 Å². The molecule has 1 aromatic carbocycles. The third-order valence-corrected chi connectivity index (χ3v) is 3.87. The molecule has 2 N–H and O–H groups in total. The lowest BCUT2D eigenvalue weighted by atomic mass is 10.0. The molecule has 1 aliphatic heterocycles. The average molecular weight is 291 g/mol. The lowest BCUT2D eigenvalue weighted by Gasteiger charge is -2.18. The second kappa shape index (κ2) is 5.05. The van der Waals surface area contributed by atoms with E-state index in [1.807, 2.05) is 23.6 Å². The largest absolute Gasteiger partial charge is 0.486 e. The third kappa shape index (κ3) is 2.08. The van der Waals surface area contributed by atoms with E-state index in [-0.39, 0.29) is 0 Å². The van der Waals surface area contributed by atoms with E-state index in [0.717, 1.165) is 11.1 Å². The number of ether oxygens (including phenoxy) is 3. The van der Waals surface area contributed by atoms with Crippen LogP contribution >= 0.6 is 11.3 Å². The van der Waals surface area contributed by atoms with Crippen molar-refractivity contribution in [1.29, 1.82) is 0 Å². The number of esters is 1. The Hall–Kier alpha value is -2.21. The molecule has 0 spiro atoms. The van der Waals surface area contributed by atoms with Crippen molar-refractivity contribution in [2.45, 2.75) is 0 Å². The van der Waals surface area contributed by atoms with E-state index in [1.165, 1.54) is 18.4 Å². The Bertz CT molecular complexity index is 665. The van der Waals surface area contributed by atoms with Crippen LogP contribution in [-0.4, -0.2) is 26.3 Å². The summed E-state index contributed by atoms with van der Waals surface area (Å²) in [4.78, 5) is 11.8. The van der Waals surface area contributed by atoms with E-state index in [4.69, 9.17) is 19.9 Å². The van der Waals surface area contributed by atoms with E-state index in [0.29, 0.717) is 35.3 Å². The fraction of sp³-hybridized carbons (Fsp3) is 0.214. The highest BCUT2D eigenvalue weighted by molar-refractivity contribution is 7.14. The molecule has 2 heterocycles. The fourth-order valence-electron chi connectivity index (χ4n) is 2.11. The first-order valence-electron chi connectivity index (χ1n) is 6.06. The molecule has 1 aliphatic rings. The summed E-state index contributed by atoms with van der Waals surface area (Å²) < 4.78 is 15.8. The number of thiophene rings is 1. The number of methoxy groups -OCH3 is 1. The summed E-state index contributed by atoms with van der Waals surface area (Å²) in [6.07, 6.45) is 0. The predicted octanol–water partition coefficient (Wildman–Crippen LogP) is 2.56. The molecule has 5 nitrogen and oxygen atoms in total.